The summed E-state index contributed by atoms with van der Waals surface area (Å²) in [4.78, 5) is 10.9. The first-order valence-electron chi connectivity index (χ1n) is 5.70. The normalized spacial score (nSPS) is 11.4. The number of carboxylic acids is 1. The number of nitrogens with one attached hydrogen (secondary N) is 1. The predicted octanol–water partition coefficient (Wildman–Crippen LogP) is 2.55. The molecule has 0 spiro atoms. The molecule has 2 rings (SSSR count). The molecule has 0 atom stereocenters. The number of carboxylic acid groups (broad SMARTS) is 1. The Balaban J connectivity index is 2.51. The Bertz CT molecular complexity index is 813. The molecule has 2 N–H and O–H groups in total. The minimum atomic E-state index is -4.00. The van der Waals surface area contributed by atoms with Crippen LogP contribution in [0.4, 0.5) is 5.88 Å². The maximum absolute atomic E-state index is 12.3. The topological polar surface area (TPSA) is 110 Å². The second-order valence-corrected chi connectivity index (χ2v) is 6.79. The minimum absolute atomic E-state index is 0.0437. The van der Waals surface area contributed by atoms with Crippen molar-refractivity contribution in [3.05, 3.63) is 39.5 Å². The largest absolute Gasteiger partial charge is 0.478 e. The summed E-state index contributed by atoms with van der Waals surface area (Å²) >= 11 is 3.16. The quantitative estimate of drug-likeness (QED) is 0.850. The molecule has 21 heavy (non-hydrogen) atoms. The van der Waals surface area contributed by atoms with Crippen molar-refractivity contribution in [3.63, 3.8) is 0 Å². The Hall–Kier alpha value is -1.87. The van der Waals surface area contributed by atoms with Crippen molar-refractivity contribution in [1.82, 2.24) is 5.16 Å². The third-order valence-electron chi connectivity index (χ3n) is 2.62. The molecule has 0 bridgehead atoms. The molecule has 0 unspecified atom stereocenters. The van der Waals surface area contributed by atoms with Crippen LogP contribution in [0.2, 0.25) is 0 Å². The lowest BCUT2D eigenvalue weighted by atomic mass is 10.1. The van der Waals surface area contributed by atoms with Crippen molar-refractivity contribution in [2.75, 3.05) is 4.72 Å². The van der Waals surface area contributed by atoms with Crippen molar-refractivity contribution < 1.29 is 22.8 Å². The van der Waals surface area contributed by atoms with Crippen LogP contribution in [0.25, 0.3) is 0 Å². The van der Waals surface area contributed by atoms with Crippen LogP contribution in [0.5, 0.6) is 0 Å². The van der Waals surface area contributed by atoms with Crippen LogP contribution in [-0.2, 0) is 10.0 Å². The maximum atomic E-state index is 12.3. The zero-order chi connectivity index (χ0) is 15.8. The standard InChI is InChI=1S/C12H11BrN2O5S/c1-6-3-8(12(16)17)5-9(11(6)13)21(18,19)15-10-4-7(2)14-20-10/h3-5,15H,1-2H3,(H,16,17). The number of anilines is 1. The van der Waals surface area contributed by atoms with Gasteiger partial charge in [-0.3, -0.25) is 0 Å². The molecule has 112 valence electrons. The fraction of sp³-hybridized carbons (Fsp3) is 0.167. The van der Waals surface area contributed by atoms with Crippen LogP contribution in [0.15, 0.2) is 32.1 Å². The van der Waals surface area contributed by atoms with Crippen LogP contribution in [0.3, 0.4) is 0 Å². The van der Waals surface area contributed by atoms with Crippen LogP contribution in [0.1, 0.15) is 21.6 Å². The van der Waals surface area contributed by atoms with Gasteiger partial charge < -0.3 is 9.63 Å². The average molecular weight is 375 g/mol. The van der Waals surface area contributed by atoms with E-state index in [9.17, 15) is 13.2 Å². The molecular weight excluding hydrogens is 364 g/mol. The number of carbonyl (C=O) groups is 1. The van der Waals surface area contributed by atoms with Crippen LogP contribution < -0.4 is 4.72 Å². The summed E-state index contributed by atoms with van der Waals surface area (Å²) < 4.78 is 32.0. The molecule has 9 heteroatoms. The van der Waals surface area contributed by atoms with Crippen molar-refractivity contribution >= 4 is 37.8 Å². The lowest BCUT2D eigenvalue weighted by Gasteiger charge is -2.10. The van der Waals surface area contributed by atoms with Gasteiger partial charge in [-0.05, 0) is 47.5 Å². The molecule has 0 aliphatic heterocycles. The summed E-state index contributed by atoms with van der Waals surface area (Å²) in [5.41, 5.74) is 0.885. The molecule has 0 fully saturated rings. The summed E-state index contributed by atoms with van der Waals surface area (Å²) in [6.45, 7) is 3.25. The van der Waals surface area contributed by atoms with E-state index in [0.717, 1.165) is 6.07 Å². The lowest BCUT2D eigenvalue weighted by Crippen LogP contribution is -2.14. The zero-order valence-corrected chi connectivity index (χ0v) is 13.4. The SMILES string of the molecule is Cc1cc(NS(=O)(=O)c2cc(C(=O)O)cc(C)c2Br)on1. The van der Waals surface area contributed by atoms with Gasteiger partial charge in [0.1, 0.15) is 4.90 Å². The van der Waals surface area contributed by atoms with Gasteiger partial charge in [-0.25, -0.2) is 17.9 Å². The molecule has 1 heterocycles. The molecule has 2 aromatic rings. The Kier molecular flexibility index (Phi) is 4.06. The zero-order valence-electron chi connectivity index (χ0n) is 11.0. The maximum Gasteiger partial charge on any atom is 0.335 e. The first-order valence-corrected chi connectivity index (χ1v) is 7.98. The summed E-state index contributed by atoms with van der Waals surface area (Å²) in [6.07, 6.45) is 0. The molecule has 7 nitrogen and oxygen atoms in total. The van der Waals surface area contributed by atoms with Gasteiger partial charge in [-0.2, -0.15) is 0 Å². The molecule has 1 aromatic carbocycles. The van der Waals surface area contributed by atoms with Gasteiger partial charge in [-0.1, -0.05) is 5.16 Å². The van der Waals surface area contributed by atoms with E-state index in [1.54, 1.807) is 13.8 Å². The number of aromatic carboxylic acids is 1. The molecule has 0 aliphatic rings. The number of nitrogens with zero attached hydrogens (tertiary/aromatic N) is 1. The van der Waals surface area contributed by atoms with Crippen molar-refractivity contribution in [2.45, 2.75) is 18.7 Å². The van der Waals surface area contributed by atoms with E-state index < -0.39 is 16.0 Å². The number of hydrogen-bond acceptors (Lipinski definition) is 5. The minimum Gasteiger partial charge on any atom is -0.478 e. The second-order valence-electron chi connectivity index (χ2n) is 4.35. The molecule has 0 amide bonds. The van der Waals surface area contributed by atoms with Gasteiger partial charge in [0.25, 0.3) is 10.0 Å². The number of aryl methyl sites for hydroxylation is 2. The fourth-order valence-electron chi connectivity index (χ4n) is 1.66. The molecular formula is C12H11BrN2O5S. The molecule has 1 aromatic heterocycles. The highest BCUT2D eigenvalue weighted by Crippen LogP contribution is 2.29. The number of hydrogen-bond donors (Lipinski definition) is 2. The summed E-state index contributed by atoms with van der Waals surface area (Å²) in [6, 6.07) is 3.87. The third kappa shape index (κ3) is 3.24. The average Bonchev–Trinajstić information content (AvgIpc) is 2.76. The van der Waals surface area contributed by atoms with Crippen molar-refractivity contribution in [1.29, 1.82) is 0 Å². The highest BCUT2D eigenvalue weighted by molar-refractivity contribution is 9.10. The van der Waals surface area contributed by atoms with Crippen LogP contribution in [-0.4, -0.2) is 24.7 Å². The van der Waals surface area contributed by atoms with E-state index in [-0.39, 0.29) is 20.8 Å². The first-order chi connectivity index (χ1) is 9.70. The van der Waals surface area contributed by atoms with E-state index in [1.807, 2.05) is 0 Å². The number of aromatic nitrogens is 1. The number of benzene rings is 1. The molecule has 0 saturated carbocycles. The van der Waals surface area contributed by atoms with Gasteiger partial charge in [0, 0.05) is 10.5 Å². The highest BCUT2D eigenvalue weighted by atomic mass is 79.9. The van der Waals surface area contributed by atoms with E-state index >= 15 is 0 Å². The first kappa shape index (κ1) is 15.5. The Morgan fingerprint density at radius 1 is 1.33 bits per heavy atom. The van der Waals surface area contributed by atoms with Crippen molar-refractivity contribution in [3.8, 4) is 0 Å². The van der Waals surface area contributed by atoms with Gasteiger partial charge >= 0.3 is 5.97 Å². The molecule has 0 radical (unpaired) electrons. The van der Waals surface area contributed by atoms with E-state index in [1.165, 1.54) is 12.1 Å². The van der Waals surface area contributed by atoms with Gasteiger partial charge in [-0.15, -0.1) is 0 Å². The summed E-state index contributed by atoms with van der Waals surface area (Å²) in [7, 11) is -4.00. The van der Waals surface area contributed by atoms with E-state index in [4.69, 9.17) is 9.63 Å². The summed E-state index contributed by atoms with van der Waals surface area (Å²) in [5.74, 6) is -1.25. The Labute approximate surface area is 129 Å². The highest BCUT2D eigenvalue weighted by Gasteiger charge is 2.23. The van der Waals surface area contributed by atoms with Crippen LogP contribution >= 0.6 is 15.9 Å². The molecule has 0 saturated heterocycles. The second kappa shape index (κ2) is 5.49. The Morgan fingerprint density at radius 3 is 2.52 bits per heavy atom. The molecule has 0 aliphatic carbocycles. The van der Waals surface area contributed by atoms with Crippen LogP contribution in [0, 0.1) is 13.8 Å². The van der Waals surface area contributed by atoms with Gasteiger partial charge in [0.05, 0.1) is 11.3 Å². The third-order valence-corrected chi connectivity index (χ3v) is 5.31. The Morgan fingerprint density at radius 2 is 2.00 bits per heavy atom. The van der Waals surface area contributed by atoms with Crippen molar-refractivity contribution in [2.24, 2.45) is 0 Å². The lowest BCUT2D eigenvalue weighted by molar-refractivity contribution is 0.0696. The van der Waals surface area contributed by atoms with E-state index in [2.05, 4.69) is 25.8 Å². The van der Waals surface area contributed by atoms with E-state index in [0.29, 0.717) is 11.3 Å². The smallest absolute Gasteiger partial charge is 0.335 e. The number of rotatable bonds is 4. The number of halogens is 1. The van der Waals surface area contributed by atoms with Gasteiger partial charge in [0.15, 0.2) is 0 Å². The monoisotopic (exact) mass is 374 g/mol. The fourth-order valence-corrected chi connectivity index (χ4v) is 3.67. The number of sulfonamides is 1. The summed E-state index contributed by atoms with van der Waals surface area (Å²) in [5, 5.41) is 12.6. The van der Waals surface area contributed by atoms with Gasteiger partial charge in [0.2, 0.25) is 5.88 Å². The predicted molar refractivity (Wildman–Crippen MR) is 77.9 cm³/mol.